The Morgan fingerprint density at radius 2 is 1.97 bits per heavy atom. The van der Waals surface area contributed by atoms with Crippen LogP contribution >= 0.6 is 15.9 Å². The number of nitrogens with one attached hydrogen (secondary N) is 1. The van der Waals surface area contributed by atoms with Crippen LogP contribution in [0.2, 0.25) is 0 Å². The molecule has 150 valence electrons. The van der Waals surface area contributed by atoms with Gasteiger partial charge in [-0.25, -0.2) is 0 Å². The van der Waals surface area contributed by atoms with E-state index in [1.54, 1.807) is 12.1 Å². The fraction of sp³-hybridized carbons (Fsp3) is 0.0476. The summed E-state index contributed by atoms with van der Waals surface area (Å²) in [6.07, 6.45) is 1.29. The zero-order chi connectivity index (χ0) is 21.7. The van der Waals surface area contributed by atoms with Crippen molar-refractivity contribution in [1.82, 2.24) is 0 Å². The number of nitrogens with zero attached hydrogens (tertiary/aromatic N) is 2. The minimum Gasteiger partial charge on any atom is -0.495 e. The van der Waals surface area contributed by atoms with Gasteiger partial charge in [-0.15, -0.1) is 0 Å². The second-order valence-electron chi connectivity index (χ2n) is 5.97. The molecule has 0 saturated carbocycles. The second-order valence-corrected chi connectivity index (χ2v) is 6.89. The van der Waals surface area contributed by atoms with E-state index in [9.17, 15) is 20.2 Å². The van der Waals surface area contributed by atoms with Crippen LogP contribution in [0, 0.1) is 21.4 Å². The first-order valence-corrected chi connectivity index (χ1v) is 9.32. The van der Waals surface area contributed by atoms with E-state index in [4.69, 9.17) is 9.15 Å². The predicted octanol–water partition coefficient (Wildman–Crippen LogP) is 5.17. The Balaban J connectivity index is 1.84. The van der Waals surface area contributed by atoms with E-state index in [0.717, 1.165) is 16.1 Å². The molecular weight excluding hydrogens is 454 g/mol. The molecule has 1 aromatic heterocycles. The van der Waals surface area contributed by atoms with Crippen LogP contribution in [-0.2, 0) is 4.79 Å². The number of anilines is 1. The molecule has 0 saturated heterocycles. The number of nitro benzene ring substituents is 1. The third-order valence-corrected chi connectivity index (χ3v) is 4.58. The van der Waals surface area contributed by atoms with Gasteiger partial charge < -0.3 is 14.5 Å². The van der Waals surface area contributed by atoms with Crippen LogP contribution in [-0.4, -0.2) is 17.9 Å². The number of non-ortho nitro benzene ring substituents is 1. The van der Waals surface area contributed by atoms with Crippen molar-refractivity contribution < 1.29 is 18.9 Å². The van der Waals surface area contributed by atoms with E-state index >= 15 is 0 Å². The van der Waals surface area contributed by atoms with Crippen molar-refractivity contribution in [3.63, 3.8) is 0 Å². The molecule has 0 unspecified atom stereocenters. The molecule has 2 aromatic carbocycles. The summed E-state index contributed by atoms with van der Waals surface area (Å²) >= 11 is 3.36. The second kappa shape index (κ2) is 9.07. The number of amides is 1. The van der Waals surface area contributed by atoms with E-state index in [0.29, 0.717) is 11.5 Å². The minimum absolute atomic E-state index is 0.0767. The molecule has 0 aliphatic rings. The molecule has 3 rings (SSSR count). The molecule has 3 aromatic rings. The third-order valence-electron chi connectivity index (χ3n) is 4.05. The van der Waals surface area contributed by atoms with Crippen molar-refractivity contribution in [1.29, 1.82) is 5.26 Å². The number of rotatable bonds is 6. The van der Waals surface area contributed by atoms with Gasteiger partial charge in [0.1, 0.15) is 28.9 Å². The fourth-order valence-electron chi connectivity index (χ4n) is 2.59. The van der Waals surface area contributed by atoms with Crippen molar-refractivity contribution in [2.45, 2.75) is 0 Å². The number of carbonyl (C=O) groups excluding carboxylic acids is 1. The molecule has 8 nitrogen and oxygen atoms in total. The lowest BCUT2D eigenvalue weighted by atomic mass is 10.2. The molecule has 30 heavy (non-hydrogen) atoms. The average Bonchev–Trinajstić information content (AvgIpc) is 3.21. The summed E-state index contributed by atoms with van der Waals surface area (Å²) in [5, 5.41) is 22.8. The molecule has 9 heteroatoms. The van der Waals surface area contributed by atoms with Gasteiger partial charge in [-0.05, 0) is 30.3 Å². The van der Waals surface area contributed by atoms with Gasteiger partial charge in [-0.1, -0.05) is 28.1 Å². The zero-order valence-corrected chi connectivity index (χ0v) is 17.2. The third kappa shape index (κ3) is 4.74. The molecule has 0 spiro atoms. The van der Waals surface area contributed by atoms with Gasteiger partial charge in [-0.3, -0.25) is 14.9 Å². The lowest BCUT2D eigenvalue weighted by Gasteiger charge is -2.09. The van der Waals surface area contributed by atoms with Crippen LogP contribution in [0.5, 0.6) is 5.75 Å². The number of ether oxygens (including phenoxy) is 1. The average molecular weight is 468 g/mol. The predicted molar refractivity (Wildman–Crippen MR) is 114 cm³/mol. The molecule has 1 heterocycles. The zero-order valence-electron chi connectivity index (χ0n) is 15.6. The Kier molecular flexibility index (Phi) is 6.29. The molecule has 1 amide bonds. The van der Waals surface area contributed by atoms with Gasteiger partial charge >= 0.3 is 0 Å². The van der Waals surface area contributed by atoms with E-state index in [1.165, 1.54) is 25.3 Å². The molecule has 0 aliphatic carbocycles. The largest absolute Gasteiger partial charge is 0.495 e. The topological polar surface area (TPSA) is 118 Å². The highest BCUT2D eigenvalue weighted by Crippen LogP contribution is 2.30. The lowest BCUT2D eigenvalue weighted by Crippen LogP contribution is -2.14. The van der Waals surface area contributed by atoms with Crippen LogP contribution in [0.4, 0.5) is 11.4 Å². The highest BCUT2D eigenvalue weighted by Gasteiger charge is 2.17. The van der Waals surface area contributed by atoms with Crippen LogP contribution in [0.25, 0.3) is 17.4 Å². The first kappa shape index (κ1) is 20.8. The molecular formula is C21H14BrN3O5. The van der Waals surface area contributed by atoms with Crippen molar-refractivity contribution in [2.75, 3.05) is 12.4 Å². The Morgan fingerprint density at radius 3 is 2.60 bits per heavy atom. The SMILES string of the molecule is COc1ccc([N+](=O)[O-])cc1NC(=O)/C(C#N)=C/c1ccc(-c2ccc(Br)cc2)o1. The van der Waals surface area contributed by atoms with Gasteiger partial charge in [0.2, 0.25) is 0 Å². The van der Waals surface area contributed by atoms with Crippen LogP contribution in [0.3, 0.4) is 0 Å². The number of nitriles is 1. The normalized spacial score (nSPS) is 10.9. The van der Waals surface area contributed by atoms with Crippen molar-refractivity contribution in [2.24, 2.45) is 0 Å². The first-order valence-electron chi connectivity index (χ1n) is 8.52. The van der Waals surface area contributed by atoms with Crippen LogP contribution in [0.1, 0.15) is 5.76 Å². The number of hydrogen-bond acceptors (Lipinski definition) is 6. The van der Waals surface area contributed by atoms with Crippen LogP contribution in [0.15, 0.2) is 69.1 Å². The molecule has 0 atom stereocenters. The van der Waals surface area contributed by atoms with Gasteiger partial charge in [0.05, 0.1) is 17.7 Å². The Morgan fingerprint density at radius 1 is 1.23 bits per heavy atom. The molecule has 1 N–H and O–H groups in total. The summed E-state index contributed by atoms with van der Waals surface area (Å²) in [5.41, 5.74) is 0.453. The van der Waals surface area contributed by atoms with E-state index in [-0.39, 0.29) is 22.7 Å². The highest BCUT2D eigenvalue weighted by atomic mass is 79.9. The molecule has 0 fully saturated rings. The quantitative estimate of drug-likeness (QED) is 0.231. The first-order chi connectivity index (χ1) is 14.4. The summed E-state index contributed by atoms with van der Waals surface area (Å²) in [6, 6.07) is 16.4. The Hall–Kier alpha value is -3.90. The molecule has 0 bridgehead atoms. The number of methoxy groups -OCH3 is 1. The maximum atomic E-state index is 12.5. The summed E-state index contributed by atoms with van der Waals surface area (Å²) in [5.74, 6) is 0.358. The summed E-state index contributed by atoms with van der Waals surface area (Å²) in [4.78, 5) is 22.9. The standard InChI is InChI=1S/C21H14BrN3O5/c1-29-20-8-6-16(25(27)28)11-18(20)24-21(26)14(12-23)10-17-7-9-19(30-17)13-2-4-15(22)5-3-13/h2-11H,1H3,(H,24,26)/b14-10+. The highest BCUT2D eigenvalue weighted by molar-refractivity contribution is 9.10. The van der Waals surface area contributed by atoms with Crippen LogP contribution < -0.4 is 10.1 Å². The minimum atomic E-state index is -0.752. The number of furan rings is 1. The molecule has 0 aliphatic heterocycles. The summed E-state index contributed by atoms with van der Waals surface area (Å²) in [7, 11) is 1.37. The van der Waals surface area contributed by atoms with E-state index < -0.39 is 10.8 Å². The smallest absolute Gasteiger partial charge is 0.271 e. The Bertz CT molecular complexity index is 1180. The number of hydrogen-bond donors (Lipinski definition) is 1. The maximum absolute atomic E-state index is 12.5. The number of carbonyl (C=O) groups is 1. The van der Waals surface area contributed by atoms with E-state index in [1.807, 2.05) is 30.3 Å². The molecule has 0 radical (unpaired) electrons. The number of benzene rings is 2. The maximum Gasteiger partial charge on any atom is 0.271 e. The van der Waals surface area contributed by atoms with Gasteiger partial charge in [0, 0.05) is 28.2 Å². The Labute approximate surface area is 179 Å². The van der Waals surface area contributed by atoms with Crippen molar-refractivity contribution in [3.8, 4) is 23.1 Å². The van der Waals surface area contributed by atoms with Gasteiger partial charge in [0.25, 0.3) is 11.6 Å². The number of nitro groups is 1. The van der Waals surface area contributed by atoms with E-state index in [2.05, 4.69) is 21.2 Å². The fourth-order valence-corrected chi connectivity index (χ4v) is 2.85. The summed E-state index contributed by atoms with van der Waals surface area (Å²) < 4.78 is 11.7. The van der Waals surface area contributed by atoms with Crippen molar-refractivity contribution in [3.05, 3.63) is 80.5 Å². The van der Waals surface area contributed by atoms with Gasteiger partial charge in [0.15, 0.2) is 0 Å². The lowest BCUT2D eigenvalue weighted by molar-refractivity contribution is -0.384. The van der Waals surface area contributed by atoms with Gasteiger partial charge in [-0.2, -0.15) is 5.26 Å². The van der Waals surface area contributed by atoms with Crippen molar-refractivity contribution >= 4 is 39.3 Å². The monoisotopic (exact) mass is 467 g/mol. The number of halogens is 1. The summed E-state index contributed by atoms with van der Waals surface area (Å²) in [6.45, 7) is 0.